The van der Waals surface area contributed by atoms with Gasteiger partial charge in [0.05, 0.1) is 23.2 Å². The van der Waals surface area contributed by atoms with Crippen molar-refractivity contribution in [3.8, 4) is 0 Å². The number of esters is 1. The maximum Gasteiger partial charge on any atom is 0.337 e. The third-order valence-electron chi connectivity index (χ3n) is 5.21. The number of allylic oxidation sites excluding steroid dienone is 1. The number of aromatic nitrogens is 2. The highest BCUT2D eigenvalue weighted by molar-refractivity contribution is 7.98. The number of halogens is 1. The van der Waals surface area contributed by atoms with E-state index in [9.17, 15) is 9.59 Å². The Bertz CT molecular complexity index is 1250. The molecule has 8 heteroatoms. The lowest BCUT2D eigenvalue weighted by molar-refractivity contribution is -0.143. The standard InChI is InChI=1S/C25H24ClN3O3S/c1-14(2)32-24(31)19-15(3)27-22-21(20(19)17-9-11-18(26)12-10-17)23(30)29-25(28-22)33-13-16-7-5-4-6-8-16/h4-12,14,20H,13H2,1-3H3,(H2,27,28,29,30). The summed E-state index contributed by atoms with van der Waals surface area (Å²) in [6.45, 7) is 5.38. The number of nitrogens with zero attached hydrogens (tertiary/aromatic N) is 1. The van der Waals surface area contributed by atoms with Gasteiger partial charge in [0, 0.05) is 16.5 Å². The maximum absolute atomic E-state index is 13.3. The number of carbonyl (C=O) groups is 1. The number of rotatable bonds is 6. The van der Waals surface area contributed by atoms with Crippen LogP contribution in [0.5, 0.6) is 0 Å². The number of aromatic amines is 1. The number of hydrogen-bond donors (Lipinski definition) is 2. The minimum Gasteiger partial charge on any atom is -0.460 e. The zero-order chi connectivity index (χ0) is 23.5. The molecule has 0 spiro atoms. The number of hydrogen-bond acceptors (Lipinski definition) is 6. The smallest absolute Gasteiger partial charge is 0.337 e. The quantitative estimate of drug-likeness (QED) is 0.275. The maximum atomic E-state index is 13.3. The molecule has 6 nitrogen and oxygen atoms in total. The Balaban J connectivity index is 1.76. The molecule has 0 saturated carbocycles. The fourth-order valence-corrected chi connectivity index (χ4v) is 4.70. The van der Waals surface area contributed by atoms with Crippen LogP contribution in [0.15, 0.2) is 75.8 Å². The summed E-state index contributed by atoms with van der Waals surface area (Å²) >= 11 is 7.53. The van der Waals surface area contributed by atoms with Gasteiger partial charge in [-0.05, 0) is 44.0 Å². The van der Waals surface area contributed by atoms with Gasteiger partial charge in [0.15, 0.2) is 5.16 Å². The average molecular weight is 482 g/mol. The summed E-state index contributed by atoms with van der Waals surface area (Å²) in [7, 11) is 0. The fraction of sp³-hybridized carbons (Fsp3) is 0.240. The van der Waals surface area contributed by atoms with Crippen molar-refractivity contribution in [3.63, 3.8) is 0 Å². The number of nitrogens with one attached hydrogen (secondary N) is 2. The predicted molar refractivity (Wildman–Crippen MR) is 132 cm³/mol. The first-order valence-corrected chi connectivity index (χ1v) is 11.9. The van der Waals surface area contributed by atoms with Gasteiger partial charge in [0.2, 0.25) is 0 Å². The molecule has 0 fully saturated rings. The van der Waals surface area contributed by atoms with Crippen LogP contribution in [-0.4, -0.2) is 22.0 Å². The monoisotopic (exact) mass is 481 g/mol. The van der Waals surface area contributed by atoms with E-state index in [1.54, 1.807) is 32.9 Å². The van der Waals surface area contributed by atoms with E-state index in [1.165, 1.54) is 11.8 Å². The molecular weight excluding hydrogens is 458 g/mol. The number of ether oxygens (including phenoxy) is 1. The van der Waals surface area contributed by atoms with Crippen molar-refractivity contribution in [1.82, 2.24) is 9.97 Å². The van der Waals surface area contributed by atoms with Gasteiger partial charge in [-0.1, -0.05) is 65.8 Å². The molecule has 0 aliphatic carbocycles. The molecule has 170 valence electrons. The molecule has 1 aliphatic heterocycles. The number of fused-ring (bicyclic) bond motifs is 1. The second kappa shape index (κ2) is 9.85. The summed E-state index contributed by atoms with van der Waals surface area (Å²) in [5.41, 5.74) is 2.95. The van der Waals surface area contributed by atoms with Crippen LogP contribution in [-0.2, 0) is 15.3 Å². The lowest BCUT2D eigenvalue weighted by Gasteiger charge is -2.29. The van der Waals surface area contributed by atoms with Gasteiger partial charge in [-0.25, -0.2) is 9.78 Å². The van der Waals surface area contributed by atoms with E-state index < -0.39 is 11.9 Å². The Morgan fingerprint density at radius 3 is 2.52 bits per heavy atom. The molecule has 0 saturated heterocycles. The summed E-state index contributed by atoms with van der Waals surface area (Å²) in [4.78, 5) is 33.9. The zero-order valence-electron chi connectivity index (χ0n) is 18.5. The third kappa shape index (κ3) is 5.15. The van der Waals surface area contributed by atoms with Crippen molar-refractivity contribution >= 4 is 35.1 Å². The van der Waals surface area contributed by atoms with Crippen molar-refractivity contribution < 1.29 is 9.53 Å². The van der Waals surface area contributed by atoms with Gasteiger partial charge in [0.25, 0.3) is 5.56 Å². The van der Waals surface area contributed by atoms with E-state index in [-0.39, 0.29) is 11.7 Å². The van der Waals surface area contributed by atoms with Crippen molar-refractivity contribution in [2.75, 3.05) is 5.32 Å². The number of anilines is 1. The molecule has 1 aliphatic rings. The minimum atomic E-state index is -0.630. The Labute approximate surface area is 201 Å². The molecule has 2 aromatic carbocycles. The molecule has 0 radical (unpaired) electrons. The molecule has 1 atom stereocenters. The highest BCUT2D eigenvalue weighted by atomic mass is 35.5. The van der Waals surface area contributed by atoms with E-state index >= 15 is 0 Å². The van der Waals surface area contributed by atoms with Crippen LogP contribution < -0.4 is 10.9 Å². The van der Waals surface area contributed by atoms with Crippen molar-refractivity contribution in [2.24, 2.45) is 0 Å². The Hall–Kier alpha value is -3.03. The average Bonchev–Trinajstić information content (AvgIpc) is 2.77. The topological polar surface area (TPSA) is 84.1 Å². The molecule has 1 unspecified atom stereocenters. The number of thioether (sulfide) groups is 1. The largest absolute Gasteiger partial charge is 0.460 e. The Morgan fingerprint density at radius 1 is 1.15 bits per heavy atom. The van der Waals surface area contributed by atoms with Gasteiger partial charge >= 0.3 is 5.97 Å². The summed E-state index contributed by atoms with van der Waals surface area (Å²) < 4.78 is 5.50. The molecule has 2 heterocycles. The van der Waals surface area contributed by atoms with E-state index in [4.69, 9.17) is 16.3 Å². The number of benzene rings is 2. The number of H-pyrrole nitrogens is 1. The normalized spacial score (nSPS) is 15.2. The van der Waals surface area contributed by atoms with Gasteiger partial charge in [-0.15, -0.1) is 0 Å². The van der Waals surface area contributed by atoms with E-state index in [0.29, 0.717) is 38.6 Å². The van der Waals surface area contributed by atoms with Gasteiger partial charge in [0.1, 0.15) is 5.82 Å². The van der Waals surface area contributed by atoms with Crippen LogP contribution >= 0.6 is 23.4 Å². The first-order chi connectivity index (χ1) is 15.8. The highest BCUT2D eigenvalue weighted by Gasteiger charge is 2.36. The summed E-state index contributed by atoms with van der Waals surface area (Å²) in [6, 6.07) is 17.1. The molecule has 0 amide bonds. The lowest BCUT2D eigenvalue weighted by atomic mass is 9.82. The van der Waals surface area contributed by atoms with E-state index in [2.05, 4.69) is 15.3 Å². The van der Waals surface area contributed by atoms with Crippen LogP contribution in [0.1, 0.15) is 43.4 Å². The molecule has 1 aromatic heterocycles. The van der Waals surface area contributed by atoms with Crippen molar-refractivity contribution in [2.45, 2.75) is 43.7 Å². The molecule has 33 heavy (non-hydrogen) atoms. The van der Waals surface area contributed by atoms with Crippen LogP contribution in [0.4, 0.5) is 5.82 Å². The molecular formula is C25H24ClN3O3S. The van der Waals surface area contributed by atoms with Crippen LogP contribution in [0.3, 0.4) is 0 Å². The predicted octanol–water partition coefficient (Wildman–Crippen LogP) is 5.50. The van der Waals surface area contributed by atoms with Crippen LogP contribution in [0, 0.1) is 0 Å². The molecule has 0 bridgehead atoms. The first kappa shape index (κ1) is 23.1. The molecule has 4 rings (SSSR count). The second-order valence-corrected chi connectivity index (χ2v) is 9.41. The number of carbonyl (C=O) groups excluding carboxylic acids is 1. The molecule has 2 N–H and O–H groups in total. The molecule has 3 aromatic rings. The first-order valence-electron chi connectivity index (χ1n) is 10.6. The second-order valence-electron chi connectivity index (χ2n) is 8.01. The Morgan fingerprint density at radius 2 is 1.85 bits per heavy atom. The Kier molecular flexibility index (Phi) is 6.91. The third-order valence-corrected chi connectivity index (χ3v) is 6.40. The van der Waals surface area contributed by atoms with Crippen LogP contribution in [0.25, 0.3) is 0 Å². The summed E-state index contributed by atoms with van der Waals surface area (Å²) in [6.07, 6.45) is -0.293. The highest BCUT2D eigenvalue weighted by Crippen LogP contribution is 2.40. The fourth-order valence-electron chi connectivity index (χ4n) is 3.76. The lowest BCUT2D eigenvalue weighted by Crippen LogP contribution is -2.31. The van der Waals surface area contributed by atoms with Crippen molar-refractivity contribution in [3.05, 3.63) is 97.9 Å². The van der Waals surface area contributed by atoms with E-state index in [0.717, 1.165) is 11.1 Å². The SMILES string of the molecule is CC1=C(C(=O)OC(C)C)C(c2ccc(Cl)cc2)c2c(nc(SCc3ccccc3)[nH]c2=O)N1. The van der Waals surface area contributed by atoms with Gasteiger partial charge < -0.3 is 15.0 Å². The summed E-state index contributed by atoms with van der Waals surface area (Å²) in [5.74, 6) is 0.00817. The van der Waals surface area contributed by atoms with Gasteiger partial charge in [-0.3, -0.25) is 4.79 Å². The van der Waals surface area contributed by atoms with Gasteiger partial charge in [-0.2, -0.15) is 0 Å². The van der Waals surface area contributed by atoms with Crippen LogP contribution in [0.2, 0.25) is 5.02 Å². The van der Waals surface area contributed by atoms with Crippen molar-refractivity contribution in [1.29, 1.82) is 0 Å². The minimum absolute atomic E-state index is 0.293. The summed E-state index contributed by atoms with van der Waals surface area (Å²) in [5, 5.41) is 4.24. The zero-order valence-corrected chi connectivity index (χ0v) is 20.1. The van der Waals surface area contributed by atoms with E-state index in [1.807, 2.05) is 42.5 Å².